The second-order valence-electron chi connectivity index (χ2n) is 13.9. The molecule has 0 radical (unpaired) electrons. The van der Waals surface area contributed by atoms with E-state index >= 15 is 0 Å². The lowest BCUT2D eigenvalue weighted by atomic mass is 9.49. The average Bonchev–Trinajstić information content (AvgIpc) is 3.30. The zero-order valence-electron chi connectivity index (χ0n) is 26.7. The summed E-state index contributed by atoms with van der Waals surface area (Å²) in [5.41, 5.74) is 1.87. The summed E-state index contributed by atoms with van der Waals surface area (Å²) in [6, 6.07) is 0. The van der Waals surface area contributed by atoms with Crippen molar-refractivity contribution in [2.75, 3.05) is 21.3 Å². The summed E-state index contributed by atoms with van der Waals surface area (Å²) < 4.78 is 31.2. The van der Waals surface area contributed by atoms with Crippen LogP contribution in [-0.2, 0) is 28.4 Å². The highest BCUT2D eigenvalue weighted by Crippen LogP contribution is 2.66. The fourth-order valence-corrected chi connectivity index (χ4v) is 8.96. The van der Waals surface area contributed by atoms with Crippen LogP contribution in [0.1, 0.15) is 92.4 Å². The summed E-state index contributed by atoms with van der Waals surface area (Å²) >= 11 is 0. The number of allylic oxidation sites excluding steroid dienone is 3. The Kier molecular flexibility index (Phi) is 9.58. The van der Waals surface area contributed by atoms with E-state index in [0.29, 0.717) is 30.6 Å². The molecule has 9 heteroatoms. The van der Waals surface area contributed by atoms with Crippen molar-refractivity contribution >= 4 is 18.5 Å². The van der Waals surface area contributed by atoms with Crippen LogP contribution in [-0.4, -0.2) is 57.6 Å². The molecule has 8 atom stereocenters. The van der Waals surface area contributed by atoms with E-state index in [1.165, 1.54) is 33.3 Å². The van der Waals surface area contributed by atoms with Crippen molar-refractivity contribution in [1.29, 1.82) is 0 Å². The van der Waals surface area contributed by atoms with Crippen molar-refractivity contribution in [3.05, 3.63) is 23.3 Å². The number of methoxy groups -OCH3 is 3. The number of hydrogen-bond acceptors (Lipinski definition) is 9. The van der Waals surface area contributed by atoms with Gasteiger partial charge in [-0.1, -0.05) is 50.5 Å². The minimum absolute atomic E-state index is 0.200. The van der Waals surface area contributed by atoms with Gasteiger partial charge in [-0.2, -0.15) is 0 Å². The molecule has 0 aliphatic heterocycles. The highest BCUT2D eigenvalue weighted by Gasteiger charge is 2.60. The van der Waals surface area contributed by atoms with Crippen LogP contribution in [0.5, 0.6) is 0 Å². The number of ether oxygens (including phenoxy) is 6. The van der Waals surface area contributed by atoms with Gasteiger partial charge >= 0.3 is 18.5 Å². The zero-order valence-corrected chi connectivity index (χ0v) is 26.7. The lowest BCUT2D eigenvalue weighted by Gasteiger charge is -2.57. The van der Waals surface area contributed by atoms with Crippen molar-refractivity contribution in [2.24, 2.45) is 34.5 Å². The first-order valence-corrected chi connectivity index (χ1v) is 15.5. The third-order valence-corrected chi connectivity index (χ3v) is 11.2. The molecule has 0 saturated heterocycles. The fraction of sp³-hybridized carbons (Fsp3) is 0.788. The summed E-state index contributed by atoms with van der Waals surface area (Å²) in [5.74, 6) is 1.88. The third kappa shape index (κ3) is 6.16. The summed E-state index contributed by atoms with van der Waals surface area (Å²) in [5, 5.41) is 0. The molecule has 0 N–H and O–H groups in total. The topological polar surface area (TPSA) is 107 Å². The maximum absolute atomic E-state index is 12.4. The Labute approximate surface area is 250 Å². The van der Waals surface area contributed by atoms with Crippen LogP contribution in [0.4, 0.5) is 14.4 Å². The Balaban J connectivity index is 1.51. The summed E-state index contributed by atoms with van der Waals surface area (Å²) in [4.78, 5) is 35.9. The second kappa shape index (κ2) is 12.5. The van der Waals surface area contributed by atoms with Crippen LogP contribution in [0.25, 0.3) is 0 Å². The average molecular weight is 591 g/mol. The van der Waals surface area contributed by atoms with Gasteiger partial charge in [0.1, 0.15) is 17.8 Å². The Bertz CT molecular complexity index is 1090. The maximum Gasteiger partial charge on any atom is 0.508 e. The van der Waals surface area contributed by atoms with E-state index in [1.54, 1.807) is 0 Å². The third-order valence-electron chi connectivity index (χ3n) is 11.2. The molecule has 3 fully saturated rings. The lowest BCUT2D eigenvalue weighted by molar-refractivity contribution is -0.0832. The molecular weight excluding hydrogens is 540 g/mol. The first-order valence-electron chi connectivity index (χ1n) is 15.5. The minimum Gasteiger partial charge on any atom is -0.438 e. The van der Waals surface area contributed by atoms with Crippen LogP contribution >= 0.6 is 0 Å². The normalized spacial score (nSPS) is 34.3. The molecule has 0 spiro atoms. The summed E-state index contributed by atoms with van der Waals surface area (Å²) in [6.07, 6.45) is 9.84. The Morgan fingerprint density at radius 3 is 2.26 bits per heavy atom. The van der Waals surface area contributed by atoms with Crippen molar-refractivity contribution in [3.8, 4) is 0 Å². The molecule has 42 heavy (non-hydrogen) atoms. The molecule has 4 rings (SSSR count). The van der Waals surface area contributed by atoms with Gasteiger partial charge in [0.05, 0.1) is 21.3 Å². The van der Waals surface area contributed by atoms with Gasteiger partial charge in [0.15, 0.2) is 0 Å². The number of hydrogen-bond donors (Lipinski definition) is 0. The van der Waals surface area contributed by atoms with Crippen molar-refractivity contribution in [3.63, 3.8) is 0 Å². The molecule has 3 saturated carbocycles. The van der Waals surface area contributed by atoms with Crippen LogP contribution < -0.4 is 0 Å². The molecular formula is C33H50O9. The van der Waals surface area contributed by atoms with Gasteiger partial charge in [0.2, 0.25) is 0 Å². The smallest absolute Gasteiger partial charge is 0.438 e. The first-order chi connectivity index (χ1) is 19.8. The van der Waals surface area contributed by atoms with Gasteiger partial charge in [-0.15, -0.1) is 0 Å². The van der Waals surface area contributed by atoms with Crippen molar-refractivity contribution in [2.45, 2.75) is 110 Å². The number of carbonyl (C=O) groups excluding carboxylic acids is 3. The van der Waals surface area contributed by atoms with E-state index in [9.17, 15) is 14.4 Å². The van der Waals surface area contributed by atoms with Crippen molar-refractivity contribution < 1.29 is 42.8 Å². The van der Waals surface area contributed by atoms with Crippen LogP contribution in [0.15, 0.2) is 23.3 Å². The molecule has 4 aliphatic rings. The van der Waals surface area contributed by atoms with E-state index < -0.39 is 41.7 Å². The molecule has 0 amide bonds. The number of carbonyl (C=O) groups is 3. The molecule has 236 valence electrons. The second-order valence-corrected chi connectivity index (χ2v) is 13.9. The highest BCUT2D eigenvalue weighted by molar-refractivity contribution is 5.61. The van der Waals surface area contributed by atoms with Gasteiger partial charge < -0.3 is 28.4 Å². The Morgan fingerprint density at radius 2 is 1.60 bits per heavy atom. The van der Waals surface area contributed by atoms with E-state index in [1.807, 2.05) is 13.8 Å². The SMILES string of the molecule is COC(=O)O[C@@H]1CC2=CC=C3[C@@H]4CC[C@H]([C@H](C)CCCC(C)(C)OC(=O)OC)[C@@]4(C)CC[C@@H]3[C@@]2(C)[C@@H](OC(=O)OC)C1. The highest BCUT2D eigenvalue weighted by atomic mass is 16.7. The fourth-order valence-electron chi connectivity index (χ4n) is 8.96. The van der Waals surface area contributed by atoms with E-state index in [0.717, 1.165) is 44.1 Å². The largest absolute Gasteiger partial charge is 0.508 e. The van der Waals surface area contributed by atoms with Crippen LogP contribution in [0.2, 0.25) is 0 Å². The summed E-state index contributed by atoms with van der Waals surface area (Å²) in [6.45, 7) is 11.0. The number of fused-ring (bicyclic) bond motifs is 5. The molecule has 0 unspecified atom stereocenters. The molecule has 0 aromatic carbocycles. The molecule has 0 aromatic rings. The molecule has 0 bridgehead atoms. The molecule has 0 aromatic heterocycles. The van der Waals surface area contributed by atoms with E-state index in [4.69, 9.17) is 23.7 Å². The summed E-state index contributed by atoms with van der Waals surface area (Å²) in [7, 11) is 3.95. The van der Waals surface area contributed by atoms with Crippen molar-refractivity contribution in [1.82, 2.24) is 0 Å². The molecule has 4 aliphatic carbocycles. The Morgan fingerprint density at radius 1 is 0.929 bits per heavy atom. The van der Waals surface area contributed by atoms with Gasteiger partial charge in [-0.3, -0.25) is 0 Å². The van der Waals surface area contributed by atoms with Gasteiger partial charge in [-0.05, 0) is 81.5 Å². The minimum atomic E-state index is -0.729. The van der Waals surface area contributed by atoms with Crippen LogP contribution in [0.3, 0.4) is 0 Å². The first kappa shape index (κ1) is 32.2. The lowest BCUT2D eigenvalue weighted by Crippen LogP contribution is -2.54. The van der Waals surface area contributed by atoms with Gasteiger partial charge in [-0.25, -0.2) is 14.4 Å². The standard InChI is InChI=1S/C33H50O9/c1-20(10-9-16-31(2,3)42-30(36)39-8)24-13-14-25-23-12-11-21-18-22(40-28(34)37-6)19-27(41-29(35)38-7)33(21,5)26(23)15-17-32(24,25)4/h11-12,20,22,24-27H,9-10,13-19H2,1-8H3/t20-,22-,24-,25+,26+,27+,32-,33+/m1/s1. The van der Waals surface area contributed by atoms with Gasteiger partial charge in [0.25, 0.3) is 0 Å². The van der Waals surface area contributed by atoms with Gasteiger partial charge in [0, 0.05) is 18.3 Å². The monoisotopic (exact) mass is 590 g/mol. The van der Waals surface area contributed by atoms with E-state index in [-0.39, 0.29) is 11.3 Å². The molecule has 0 heterocycles. The number of rotatable bonds is 8. The molecule has 9 nitrogen and oxygen atoms in total. The van der Waals surface area contributed by atoms with Crippen LogP contribution in [0, 0.1) is 34.5 Å². The predicted molar refractivity (Wildman–Crippen MR) is 156 cm³/mol. The zero-order chi connectivity index (χ0) is 30.9. The van der Waals surface area contributed by atoms with E-state index in [2.05, 4.69) is 37.7 Å². The Hall–Kier alpha value is -2.71. The quantitative estimate of drug-likeness (QED) is 0.207. The predicted octanol–water partition coefficient (Wildman–Crippen LogP) is 7.77. The maximum atomic E-state index is 12.4.